The first-order valence-corrected chi connectivity index (χ1v) is 6.52. The normalized spacial score (nSPS) is 12.5. The number of hydrogen-bond donors (Lipinski definition) is 2. The molecule has 102 valence electrons. The molecule has 0 bridgehead atoms. The summed E-state index contributed by atoms with van der Waals surface area (Å²) in [6.07, 6.45) is 0.942. The molecule has 0 spiro atoms. The Morgan fingerprint density at radius 2 is 2.21 bits per heavy atom. The molecule has 5 nitrogen and oxygen atoms in total. The Kier molecular flexibility index (Phi) is 4.04. The number of amides is 2. The largest absolute Gasteiger partial charge is 0.384 e. The summed E-state index contributed by atoms with van der Waals surface area (Å²) in [7, 11) is 1.57. The summed E-state index contributed by atoms with van der Waals surface area (Å²) >= 11 is 0. The number of rotatable bonds is 4. The standard InChI is InChI=1S/C14H19N3O2/c1-3-17(9-13(18)15-2)14(19)11-4-5-12-10(8-11)6-7-16-12/h4-5,8,16H,3,6-7,9H2,1-2H3,(H,15,18). The lowest BCUT2D eigenvalue weighted by atomic mass is 10.1. The van der Waals surface area contributed by atoms with Crippen LogP contribution in [0.25, 0.3) is 0 Å². The summed E-state index contributed by atoms with van der Waals surface area (Å²) in [5.41, 5.74) is 2.92. The first-order valence-electron chi connectivity index (χ1n) is 6.52. The zero-order valence-corrected chi connectivity index (χ0v) is 11.3. The Hall–Kier alpha value is -2.04. The Balaban J connectivity index is 2.15. The van der Waals surface area contributed by atoms with E-state index in [0.29, 0.717) is 12.1 Å². The van der Waals surface area contributed by atoms with Crippen LogP contribution in [0.15, 0.2) is 18.2 Å². The van der Waals surface area contributed by atoms with Crippen molar-refractivity contribution in [3.8, 4) is 0 Å². The third kappa shape index (κ3) is 2.86. The van der Waals surface area contributed by atoms with Gasteiger partial charge in [0.05, 0.1) is 6.54 Å². The van der Waals surface area contributed by atoms with Gasteiger partial charge in [-0.05, 0) is 37.1 Å². The zero-order chi connectivity index (χ0) is 13.8. The molecule has 2 N–H and O–H groups in total. The van der Waals surface area contributed by atoms with E-state index in [1.165, 1.54) is 5.56 Å². The maximum Gasteiger partial charge on any atom is 0.254 e. The van der Waals surface area contributed by atoms with Crippen molar-refractivity contribution < 1.29 is 9.59 Å². The highest BCUT2D eigenvalue weighted by Gasteiger charge is 2.19. The van der Waals surface area contributed by atoms with Gasteiger partial charge in [-0.2, -0.15) is 0 Å². The van der Waals surface area contributed by atoms with Crippen LogP contribution >= 0.6 is 0 Å². The second kappa shape index (κ2) is 5.73. The van der Waals surface area contributed by atoms with Crippen molar-refractivity contribution >= 4 is 17.5 Å². The van der Waals surface area contributed by atoms with Gasteiger partial charge in [0.15, 0.2) is 0 Å². The molecule has 1 aliphatic rings. The summed E-state index contributed by atoms with van der Waals surface area (Å²) in [5, 5.41) is 5.80. The fourth-order valence-electron chi connectivity index (χ4n) is 2.20. The van der Waals surface area contributed by atoms with E-state index in [9.17, 15) is 9.59 Å². The Morgan fingerprint density at radius 1 is 1.42 bits per heavy atom. The predicted molar refractivity (Wildman–Crippen MR) is 74.3 cm³/mol. The SMILES string of the molecule is CCN(CC(=O)NC)C(=O)c1ccc2c(c1)CCN2. The lowest BCUT2D eigenvalue weighted by Gasteiger charge is -2.20. The van der Waals surface area contributed by atoms with Crippen LogP contribution in [0.5, 0.6) is 0 Å². The van der Waals surface area contributed by atoms with E-state index in [1.54, 1.807) is 11.9 Å². The van der Waals surface area contributed by atoms with Gasteiger partial charge in [-0.15, -0.1) is 0 Å². The third-order valence-electron chi connectivity index (χ3n) is 3.34. The number of nitrogens with zero attached hydrogens (tertiary/aromatic N) is 1. The first kappa shape index (κ1) is 13.4. The van der Waals surface area contributed by atoms with E-state index < -0.39 is 0 Å². The monoisotopic (exact) mass is 261 g/mol. The molecule has 0 unspecified atom stereocenters. The molecule has 0 saturated carbocycles. The van der Waals surface area contributed by atoms with Gasteiger partial charge in [-0.25, -0.2) is 0 Å². The van der Waals surface area contributed by atoms with E-state index in [0.717, 1.165) is 18.7 Å². The quantitative estimate of drug-likeness (QED) is 0.845. The molecule has 0 fully saturated rings. The maximum atomic E-state index is 12.4. The van der Waals surface area contributed by atoms with Gasteiger partial charge >= 0.3 is 0 Å². The smallest absolute Gasteiger partial charge is 0.254 e. The third-order valence-corrected chi connectivity index (χ3v) is 3.34. The van der Waals surface area contributed by atoms with Crippen LogP contribution in [0, 0.1) is 0 Å². The summed E-state index contributed by atoms with van der Waals surface area (Å²) in [4.78, 5) is 25.3. The Morgan fingerprint density at radius 3 is 2.89 bits per heavy atom. The summed E-state index contributed by atoms with van der Waals surface area (Å²) in [6.45, 7) is 3.40. The van der Waals surface area contributed by atoms with E-state index in [-0.39, 0.29) is 18.4 Å². The molecule has 5 heteroatoms. The number of carbonyl (C=O) groups excluding carboxylic acids is 2. The lowest BCUT2D eigenvalue weighted by Crippen LogP contribution is -2.39. The lowest BCUT2D eigenvalue weighted by molar-refractivity contribution is -0.121. The molecule has 2 amide bonds. The van der Waals surface area contributed by atoms with Crippen LogP contribution in [-0.2, 0) is 11.2 Å². The van der Waals surface area contributed by atoms with Crippen molar-refractivity contribution in [3.05, 3.63) is 29.3 Å². The van der Waals surface area contributed by atoms with Crippen LogP contribution in [0.1, 0.15) is 22.8 Å². The van der Waals surface area contributed by atoms with Gasteiger partial charge in [0.1, 0.15) is 0 Å². The number of nitrogens with one attached hydrogen (secondary N) is 2. The van der Waals surface area contributed by atoms with Gasteiger partial charge in [0, 0.05) is 31.4 Å². The molecule has 1 aromatic rings. The molecular weight excluding hydrogens is 242 g/mol. The van der Waals surface area contributed by atoms with Crippen molar-refractivity contribution in [1.82, 2.24) is 10.2 Å². The van der Waals surface area contributed by atoms with Gasteiger partial charge in [0.2, 0.25) is 5.91 Å². The molecule has 19 heavy (non-hydrogen) atoms. The molecule has 0 aromatic heterocycles. The second-order valence-corrected chi connectivity index (χ2v) is 4.54. The van der Waals surface area contributed by atoms with Crippen molar-refractivity contribution in [2.45, 2.75) is 13.3 Å². The van der Waals surface area contributed by atoms with Crippen molar-refractivity contribution in [3.63, 3.8) is 0 Å². The van der Waals surface area contributed by atoms with Crippen LogP contribution in [0.2, 0.25) is 0 Å². The van der Waals surface area contributed by atoms with Crippen molar-refractivity contribution in [2.75, 3.05) is 32.0 Å². The minimum Gasteiger partial charge on any atom is -0.384 e. The fraction of sp³-hybridized carbons (Fsp3) is 0.429. The Bertz CT molecular complexity index is 499. The molecule has 1 heterocycles. The minimum atomic E-state index is -0.155. The average Bonchev–Trinajstić information content (AvgIpc) is 2.90. The van der Waals surface area contributed by atoms with Crippen molar-refractivity contribution in [1.29, 1.82) is 0 Å². The number of anilines is 1. The maximum absolute atomic E-state index is 12.4. The van der Waals surface area contributed by atoms with Crippen molar-refractivity contribution in [2.24, 2.45) is 0 Å². The zero-order valence-electron chi connectivity index (χ0n) is 11.3. The number of benzene rings is 1. The van der Waals surface area contributed by atoms with Crippen LogP contribution < -0.4 is 10.6 Å². The highest BCUT2D eigenvalue weighted by Crippen LogP contribution is 2.23. The van der Waals surface area contributed by atoms with E-state index in [1.807, 2.05) is 25.1 Å². The molecule has 0 aliphatic carbocycles. The Labute approximate surface area is 113 Å². The molecular formula is C14H19N3O2. The van der Waals surface area contributed by atoms with Gasteiger partial charge in [-0.1, -0.05) is 0 Å². The summed E-state index contributed by atoms with van der Waals surface area (Å²) in [6, 6.07) is 5.67. The topological polar surface area (TPSA) is 61.4 Å². The number of likely N-dealkylation sites (N-methyl/N-ethyl adjacent to an activating group) is 2. The summed E-state index contributed by atoms with van der Waals surface area (Å²) < 4.78 is 0. The van der Waals surface area contributed by atoms with E-state index in [2.05, 4.69) is 10.6 Å². The molecule has 0 atom stereocenters. The fourth-order valence-corrected chi connectivity index (χ4v) is 2.20. The van der Waals surface area contributed by atoms with Crippen LogP contribution in [-0.4, -0.2) is 43.4 Å². The van der Waals surface area contributed by atoms with E-state index in [4.69, 9.17) is 0 Å². The number of hydrogen-bond acceptors (Lipinski definition) is 3. The van der Waals surface area contributed by atoms with Gasteiger partial charge in [-0.3, -0.25) is 9.59 Å². The summed E-state index contributed by atoms with van der Waals surface area (Å²) in [5.74, 6) is -0.251. The molecule has 1 aliphatic heterocycles. The molecule has 2 rings (SSSR count). The molecule has 0 saturated heterocycles. The van der Waals surface area contributed by atoms with Gasteiger partial charge < -0.3 is 15.5 Å². The molecule has 1 aromatic carbocycles. The second-order valence-electron chi connectivity index (χ2n) is 4.54. The highest BCUT2D eigenvalue weighted by molar-refractivity contribution is 5.97. The highest BCUT2D eigenvalue weighted by atomic mass is 16.2. The van der Waals surface area contributed by atoms with Crippen LogP contribution in [0.4, 0.5) is 5.69 Å². The number of carbonyl (C=O) groups is 2. The first-order chi connectivity index (χ1) is 9.15. The molecule has 0 radical (unpaired) electrons. The minimum absolute atomic E-state index is 0.0965. The average molecular weight is 261 g/mol. The van der Waals surface area contributed by atoms with Gasteiger partial charge in [0.25, 0.3) is 5.91 Å². The predicted octanol–water partition coefficient (Wildman–Crippen LogP) is 0.863. The van der Waals surface area contributed by atoms with Crippen LogP contribution in [0.3, 0.4) is 0 Å². The number of fused-ring (bicyclic) bond motifs is 1. The van der Waals surface area contributed by atoms with E-state index >= 15 is 0 Å².